The summed E-state index contributed by atoms with van der Waals surface area (Å²) in [7, 11) is -0.315. The molecule has 7 heteroatoms. The normalized spacial score (nSPS) is 11.1. The molecule has 0 aliphatic carbocycles. The lowest BCUT2D eigenvalue weighted by Crippen LogP contribution is -2.35. The maximum atomic E-state index is 11.2. The molecule has 1 aromatic carbocycles. The number of nitrogens with two attached hydrogens (primary N) is 1. The van der Waals surface area contributed by atoms with Gasteiger partial charge in [0.25, 0.3) is 0 Å². The van der Waals surface area contributed by atoms with Crippen LogP contribution in [0.25, 0.3) is 0 Å². The smallest absolute Gasteiger partial charge is 0.316 e. The van der Waals surface area contributed by atoms with Crippen LogP contribution >= 0.6 is 0 Å². The predicted molar refractivity (Wildman–Crippen MR) is 68.6 cm³/mol. The van der Waals surface area contributed by atoms with E-state index in [0.717, 1.165) is 5.56 Å². The van der Waals surface area contributed by atoms with Crippen molar-refractivity contribution in [3.63, 3.8) is 0 Å². The summed E-state index contributed by atoms with van der Waals surface area (Å²) in [5.74, 6) is 0. The molecule has 18 heavy (non-hydrogen) atoms. The van der Waals surface area contributed by atoms with Crippen LogP contribution in [0.15, 0.2) is 29.2 Å². The molecule has 0 spiro atoms. The third-order valence-electron chi connectivity index (χ3n) is 2.35. The van der Waals surface area contributed by atoms with Gasteiger partial charge in [-0.3, -0.25) is 0 Å². The monoisotopic (exact) mass is 271 g/mol. The lowest BCUT2D eigenvalue weighted by atomic mass is 10.1. The minimum absolute atomic E-state index is 0.0866. The molecular formula is C11H17N3O3S. The van der Waals surface area contributed by atoms with E-state index in [2.05, 4.69) is 5.32 Å². The fourth-order valence-electron chi connectivity index (χ4n) is 1.32. The van der Waals surface area contributed by atoms with Gasteiger partial charge in [0.05, 0.1) is 4.90 Å². The number of carbonyl (C=O) groups is 1. The molecule has 0 aliphatic heterocycles. The molecule has 3 N–H and O–H groups in total. The maximum absolute atomic E-state index is 11.2. The van der Waals surface area contributed by atoms with E-state index in [4.69, 9.17) is 5.14 Å². The fraction of sp³-hybridized carbons (Fsp3) is 0.364. The van der Waals surface area contributed by atoms with Crippen molar-refractivity contribution in [1.29, 1.82) is 0 Å². The largest absolute Gasteiger partial charge is 0.338 e. The third kappa shape index (κ3) is 4.34. The molecule has 0 heterocycles. The molecule has 0 aliphatic rings. The molecule has 0 saturated heterocycles. The Morgan fingerprint density at radius 1 is 1.28 bits per heavy atom. The molecule has 2 amide bonds. The lowest BCUT2D eigenvalue weighted by Gasteiger charge is -2.11. The summed E-state index contributed by atoms with van der Waals surface area (Å²) in [4.78, 5) is 12.8. The first-order valence-electron chi connectivity index (χ1n) is 5.37. The zero-order chi connectivity index (χ0) is 13.8. The Labute approximate surface area is 107 Å². The van der Waals surface area contributed by atoms with Crippen molar-refractivity contribution >= 4 is 16.1 Å². The first-order valence-corrected chi connectivity index (χ1v) is 6.92. The highest BCUT2D eigenvalue weighted by Crippen LogP contribution is 2.08. The first kappa shape index (κ1) is 14.5. The first-order chi connectivity index (χ1) is 8.30. The van der Waals surface area contributed by atoms with E-state index in [-0.39, 0.29) is 10.9 Å². The Morgan fingerprint density at radius 3 is 2.28 bits per heavy atom. The Kier molecular flexibility index (Phi) is 4.69. The highest BCUT2D eigenvalue weighted by atomic mass is 32.2. The lowest BCUT2D eigenvalue weighted by molar-refractivity contribution is 0.217. The van der Waals surface area contributed by atoms with Crippen LogP contribution in [-0.2, 0) is 16.4 Å². The summed E-state index contributed by atoms with van der Waals surface area (Å²) >= 11 is 0. The third-order valence-corrected chi connectivity index (χ3v) is 3.28. The molecule has 0 fully saturated rings. The minimum atomic E-state index is -3.64. The quantitative estimate of drug-likeness (QED) is 0.816. The van der Waals surface area contributed by atoms with Gasteiger partial charge in [0.2, 0.25) is 10.0 Å². The SMILES string of the molecule is CN(C)C(=O)NCCc1ccc(S(N)(=O)=O)cc1. The van der Waals surface area contributed by atoms with Gasteiger partial charge in [-0.15, -0.1) is 0 Å². The molecule has 6 nitrogen and oxygen atoms in total. The second kappa shape index (κ2) is 5.83. The summed E-state index contributed by atoms with van der Waals surface area (Å²) in [5, 5.41) is 7.71. The number of urea groups is 1. The number of carbonyl (C=O) groups excluding carboxylic acids is 1. The molecule has 0 aromatic heterocycles. The number of benzene rings is 1. The second-order valence-corrected chi connectivity index (χ2v) is 5.63. The van der Waals surface area contributed by atoms with Crippen molar-refractivity contribution in [1.82, 2.24) is 10.2 Å². The Bertz CT molecular complexity index is 509. The molecule has 0 unspecified atom stereocenters. The van der Waals surface area contributed by atoms with Gasteiger partial charge in [-0.2, -0.15) is 0 Å². The van der Waals surface area contributed by atoms with Crippen molar-refractivity contribution in [2.75, 3.05) is 20.6 Å². The number of nitrogens with one attached hydrogen (secondary N) is 1. The van der Waals surface area contributed by atoms with Crippen molar-refractivity contribution in [2.45, 2.75) is 11.3 Å². The van der Waals surface area contributed by atoms with Crippen molar-refractivity contribution in [2.24, 2.45) is 5.14 Å². The van der Waals surface area contributed by atoms with Gasteiger partial charge < -0.3 is 10.2 Å². The summed E-state index contributed by atoms with van der Waals surface area (Å²) < 4.78 is 22.1. The number of hydrogen-bond donors (Lipinski definition) is 2. The summed E-state index contributed by atoms with van der Waals surface area (Å²) in [6, 6.07) is 6.12. The van der Waals surface area contributed by atoms with Crippen molar-refractivity contribution in [3.8, 4) is 0 Å². The number of sulfonamides is 1. The van der Waals surface area contributed by atoms with Crippen LogP contribution in [0.3, 0.4) is 0 Å². The van der Waals surface area contributed by atoms with Crippen LogP contribution in [-0.4, -0.2) is 40.0 Å². The van der Waals surface area contributed by atoms with Gasteiger partial charge in [-0.25, -0.2) is 18.4 Å². The van der Waals surface area contributed by atoms with E-state index in [1.807, 2.05) is 0 Å². The topological polar surface area (TPSA) is 92.5 Å². The molecule has 100 valence electrons. The molecule has 1 rings (SSSR count). The molecule has 0 bridgehead atoms. The predicted octanol–water partition coefficient (Wildman–Crippen LogP) is 0.148. The van der Waals surface area contributed by atoms with E-state index in [9.17, 15) is 13.2 Å². The average molecular weight is 271 g/mol. The average Bonchev–Trinajstić information content (AvgIpc) is 2.28. The minimum Gasteiger partial charge on any atom is -0.338 e. The summed E-state index contributed by atoms with van der Waals surface area (Å²) in [5.41, 5.74) is 0.932. The van der Waals surface area contributed by atoms with Crippen LogP contribution in [0.4, 0.5) is 4.79 Å². The van der Waals surface area contributed by atoms with Crippen LogP contribution < -0.4 is 10.5 Å². The Balaban J connectivity index is 2.53. The highest BCUT2D eigenvalue weighted by molar-refractivity contribution is 7.89. The fourth-order valence-corrected chi connectivity index (χ4v) is 1.83. The van der Waals surface area contributed by atoms with Gasteiger partial charge >= 0.3 is 6.03 Å². The van der Waals surface area contributed by atoms with E-state index in [0.29, 0.717) is 13.0 Å². The van der Waals surface area contributed by atoms with E-state index in [1.54, 1.807) is 26.2 Å². The van der Waals surface area contributed by atoms with E-state index in [1.165, 1.54) is 17.0 Å². The maximum Gasteiger partial charge on any atom is 0.316 e. The zero-order valence-electron chi connectivity index (χ0n) is 10.4. The van der Waals surface area contributed by atoms with E-state index < -0.39 is 10.0 Å². The molecule has 0 saturated carbocycles. The number of amides is 2. The van der Waals surface area contributed by atoms with Gasteiger partial charge in [0.15, 0.2) is 0 Å². The van der Waals surface area contributed by atoms with Crippen LogP contribution in [0.2, 0.25) is 0 Å². The highest BCUT2D eigenvalue weighted by Gasteiger charge is 2.07. The van der Waals surface area contributed by atoms with Crippen LogP contribution in [0, 0.1) is 0 Å². The number of rotatable bonds is 4. The van der Waals surface area contributed by atoms with Gasteiger partial charge in [-0.1, -0.05) is 12.1 Å². The number of hydrogen-bond acceptors (Lipinski definition) is 3. The Hall–Kier alpha value is -1.60. The van der Waals surface area contributed by atoms with Crippen molar-refractivity contribution < 1.29 is 13.2 Å². The number of nitrogens with zero attached hydrogens (tertiary/aromatic N) is 1. The van der Waals surface area contributed by atoms with Gasteiger partial charge in [0, 0.05) is 20.6 Å². The molecule has 1 aromatic rings. The summed E-state index contributed by atoms with van der Waals surface area (Å²) in [6.45, 7) is 0.492. The van der Waals surface area contributed by atoms with E-state index >= 15 is 0 Å². The molecular weight excluding hydrogens is 254 g/mol. The summed E-state index contributed by atoms with van der Waals surface area (Å²) in [6.07, 6.45) is 0.629. The van der Waals surface area contributed by atoms with Gasteiger partial charge in [-0.05, 0) is 24.1 Å². The van der Waals surface area contributed by atoms with Crippen LogP contribution in [0.1, 0.15) is 5.56 Å². The molecule has 0 atom stereocenters. The van der Waals surface area contributed by atoms with Crippen molar-refractivity contribution in [3.05, 3.63) is 29.8 Å². The zero-order valence-corrected chi connectivity index (χ0v) is 11.2. The van der Waals surface area contributed by atoms with Crippen LogP contribution in [0.5, 0.6) is 0 Å². The Morgan fingerprint density at radius 2 is 1.83 bits per heavy atom. The standard InChI is InChI=1S/C11H17N3O3S/c1-14(2)11(15)13-8-7-9-3-5-10(6-4-9)18(12,16)17/h3-6H,7-8H2,1-2H3,(H,13,15)(H2,12,16,17). The number of primary sulfonamides is 1. The second-order valence-electron chi connectivity index (χ2n) is 4.07. The van der Waals surface area contributed by atoms with Gasteiger partial charge in [0.1, 0.15) is 0 Å². The molecule has 0 radical (unpaired) electrons.